The summed E-state index contributed by atoms with van der Waals surface area (Å²) >= 11 is 1.40. The van der Waals surface area contributed by atoms with Gasteiger partial charge in [0.05, 0.1) is 26.1 Å². The fourth-order valence-electron chi connectivity index (χ4n) is 2.77. The Kier molecular flexibility index (Phi) is 19.0. The molecule has 0 aliphatic rings. The Morgan fingerprint density at radius 2 is 1.31 bits per heavy atom. The van der Waals surface area contributed by atoms with E-state index in [9.17, 15) is 30.0 Å². The quantitative estimate of drug-likeness (QED) is 0.125. The highest BCUT2D eigenvalue weighted by Crippen LogP contribution is 2.11. The van der Waals surface area contributed by atoms with Crippen molar-refractivity contribution in [2.24, 2.45) is 5.92 Å². The van der Waals surface area contributed by atoms with Crippen molar-refractivity contribution in [1.82, 2.24) is 0 Å². The van der Waals surface area contributed by atoms with E-state index in [0.717, 1.165) is 25.2 Å². The van der Waals surface area contributed by atoms with Gasteiger partial charge in [0.1, 0.15) is 31.0 Å². The molecule has 0 rings (SSSR count). The summed E-state index contributed by atoms with van der Waals surface area (Å²) in [5.74, 6) is 0.846. The molecule has 9 nitrogen and oxygen atoms in total. The molecule has 4 atom stereocenters. The zero-order valence-electron chi connectivity index (χ0n) is 19.4. The maximum absolute atomic E-state index is 11.7. The van der Waals surface area contributed by atoms with Gasteiger partial charge in [-0.25, -0.2) is 0 Å². The summed E-state index contributed by atoms with van der Waals surface area (Å²) in [5, 5.41) is 46.7. The van der Waals surface area contributed by atoms with Gasteiger partial charge < -0.3 is 35.0 Å². The number of hydrogen-bond acceptors (Lipinski definition) is 10. The Balaban J connectivity index is 3.64. The first-order valence-electron chi connectivity index (χ1n) is 11.4. The van der Waals surface area contributed by atoms with E-state index in [0.29, 0.717) is 18.1 Å². The van der Waals surface area contributed by atoms with Crippen molar-refractivity contribution in [3.05, 3.63) is 0 Å². The maximum atomic E-state index is 11.7. The lowest BCUT2D eigenvalue weighted by molar-refractivity contribution is -0.155. The van der Waals surface area contributed by atoms with Crippen LogP contribution in [-0.2, 0) is 19.1 Å². The van der Waals surface area contributed by atoms with Crippen molar-refractivity contribution in [2.45, 2.75) is 89.6 Å². The number of esters is 2. The Labute approximate surface area is 195 Å². The van der Waals surface area contributed by atoms with Crippen LogP contribution >= 0.6 is 11.8 Å². The highest BCUT2D eigenvalue weighted by atomic mass is 32.2. The number of thioether (sulfide) groups is 1. The summed E-state index contributed by atoms with van der Waals surface area (Å²) in [6.07, 6.45) is 0.420. The van der Waals surface area contributed by atoms with Gasteiger partial charge in [-0.05, 0) is 12.3 Å². The molecule has 0 heterocycles. The van der Waals surface area contributed by atoms with Gasteiger partial charge in [-0.1, -0.05) is 46.0 Å². The number of carbonyl (C=O) groups excluding carboxylic acids is 2. The van der Waals surface area contributed by atoms with Crippen LogP contribution in [0, 0.1) is 5.92 Å². The van der Waals surface area contributed by atoms with Crippen molar-refractivity contribution in [1.29, 1.82) is 0 Å². The summed E-state index contributed by atoms with van der Waals surface area (Å²) < 4.78 is 10.0. The summed E-state index contributed by atoms with van der Waals surface area (Å²) in [7, 11) is 0. The molecule has 32 heavy (non-hydrogen) atoms. The SMILES string of the molecule is CC(C)CCCCCCCOC(=O)CCSCCC(=O)OC[C@H](O)[C@@H](O)[C@H](O)[C@H](O)CO. The van der Waals surface area contributed by atoms with E-state index in [1.807, 2.05) is 0 Å². The Morgan fingerprint density at radius 3 is 1.91 bits per heavy atom. The van der Waals surface area contributed by atoms with Gasteiger partial charge in [-0.2, -0.15) is 11.8 Å². The third-order valence-electron chi connectivity index (χ3n) is 4.83. The van der Waals surface area contributed by atoms with Crippen LogP contribution in [0.15, 0.2) is 0 Å². The van der Waals surface area contributed by atoms with Gasteiger partial charge in [0, 0.05) is 11.5 Å². The van der Waals surface area contributed by atoms with Gasteiger partial charge in [-0.3, -0.25) is 9.59 Å². The van der Waals surface area contributed by atoms with Gasteiger partial charge in [0.25, 0.3) is 0 Å². The molecule has 10 heteroatoms. The van der Waals surface area contributed by atoms with E-state index in [1.165, 1.54) is 31.0 Å². The number of hydrogen-bond donors (Lipinski definition) is 5. The lowest BCUT2D eigenvalue weighted by Gasteiger charge is -2.25. The van der Waals surface area contributed by atoms with Crippen molar-refractivity contribution < 1.29 is 44.6 Å². The molecule has 190 valence electrons. The monoisotopic (exact) mass is 482 g/mol. The number of rotatable bonds is 20. The fourth-order valence-corrected chi connectivity index (χ4v) is 3.59. The largest absolute Gasteiger partial charge is 0.466 e. The summed E-state index contributed by atoms with van der Waals surface area (Å²) in [6, 6.07) is 0. The molecule has 0 spiro atoms. The fraction of sp³-hybridized carbons (Fsp3) is 0.909. The molecule has 0 saturated carbocycles. The Morgan fingerprint density at radius 1 is 0.781 bits per heavy atom. The zero-order chi connectivity index (χ0) is 24.4. The minimum absolute atomic E-state index is 0.0567. The lowest BCUT2D eigenvalue weighted by atomic mass is 10.0. The predicted molar refractivity (Wildman–Crippen MR) is 122 cm³/mol. The van der Waals surface area contributed by atoms with E-state index in [1.54, 1.807) is 0 Å². The average Bonchev–Trinajstić information content (AvgIpc) is 2.76. The molecule has 0 aromatic rings. The molecule has 0 fully saturated rings. The zero-order valence-corrected chi connectivity index (χ0v) is 20.2. The molecule has 0 aromatic carbocycles. The van der Waals surface area contributed by atoms with E-state index >= 15 is 0 Å². The summed E-state index contributed by atoms with van der Waals surface area (Å²) in [6.45, 7) is 3.56. The van der Waals surface area contributed by atoms with Gasteiger partial charge >= 0.3 is 11.9 Å². The first-order valence-corrected chi connectivity index (χ1v) is 12.6. The third-order valence-corrected chi connectivity index (χ3v) is 5.82. The van der Waals surface area contributed by atoms with Crippen molar-refractivity contribution in [3.63, 3.8) is 0 Å². The minimum atomic E-state index is -1.77. The number of ether oxygens (including phenoxy) is 2. The Hall–Kier alpha value is -0.910. The van der Waals surface area contributed by atoms with Crippen LogP contribution in [0.2, 0.25) is 0 Å². The standard InChI is InChI=1S/C22H42O9S/c1-16(2)8-6-4-3-5-7-11-30-19(26)9-12-32-13-10-20(27)31-15-18(25)22(29)21(28)17(24)14-23/h16-18,21-25,28-29H,3-15H2,1-2H3/t17-,18+,21-,22-/m1/s1. The first kappa shape index (κ1) is 31.1. The van der Waals surface area contributed by atoms with E-state index in [4.69, 9.17) is 14.6 Å². The molecule has 0 aliphatic heterocycles. The highest BCUT2D eigenvalue weighted by Gasteiger charge is 2.30. The van der Waals surface area contributed by atoms with Crippen LogP contribution in [0.4, 0.5) is 0 Å². The maximum Gasteiger partial charge on any atom is 0.306 e. The molecule has 0 saturated heterocycles. The predicted octanol–water partition coefficient (Wildman–Crippen LogP) is 1.02. The van der Waals surface area contributed by atoms with Crippen LogP contribution in [0.25, 0.3) is 0 Å². The molecule has 0 bridgehead atoms. The topological polar surface area (TPSA) is 154 Å². The van der Waals surface area contributed by atoms with Crippen LogP contribution in [0.3, 0.4) is 0 Å². The molecular weight excluding hydrogens is 440 g/mol. The number of aliphatic hydroxyl groups is 5. The molecule has 5 N–H and O–H groups in total. The molecule has 0 aliphatic carbocycles. The van der Waals surface area contributed by atoms with Crippen LogP contribution in [-0.4, -0.2) is 93.2 Å². The summed E-state index contributed by atoms with van der Waals surface area (Å²) in [4.78, 5) is 23.3. The summed E-state index contributed by atoms with van der Waals surface area (Å²) in [5.41, 5.74) is 0. The van der Waals surface area contributed by atoms with E-state index in [-0.39, 0.29) is 18.8 Å². The molecule has 0 amide bonds. The van der Waals surface area contributed by atoms with Gasteiger partial charge in [0.2, 0.25) is 0 Å². The second-order valence-electron chi connectivity index (χ2n) is 8.26. The van der Waals surface area contributed by atoms with Crippen LogP contribution in [0.5, 0.6) is 0 Å². The van der Waals surface area contributed by atoms with Crippen molar-refractivity contribution in [3.8, 4) is 0 Å². The molecule has 0 unspecified atom stereocenters. The molecular formula is C22H42O9S. The average molecular weight is 483 g/mol. The van der Waals surface area contributed by atoms with E-state index in [2.05, 4.69) is 13.8 Å². The van der Waals surface area contributed by atoms with Crippen LogP contribution < -0.4 is 0 Å². The molecule has 0 radical (unpaired) electrons. The normalized spacial score (nSPS) is 15.2. The first-order chi connectivity index (χ1) is 15.2. The third kappa shape index (κ3) is 16.7. The smallest absolute Gasteiger partial charge is 0.306 e. The van der Waals surface area contributed by atoms with E-state index < -0.39 is 43.6 Å². The number of aliphatic hydroxyl groups excluding tert-OH is 5. The Bertz CT molecular complexity index is 490. The van der Waals surface area contributed by atoms with Crippen molar-refractivity contribution >= 4 is 23.7 Å². The number of unbranched alkanes of at least 4 members (excludes halogenated alkanes) is 4. The second-order valence-corrected chi connectivity index (χ2v) is 9.49. The van der Waals surface area contributed by atoms with Gasteiger partial charge in [-0.15, -0.1) is 0 Å². The second kappa shape index (κ2) is 19.5. The minimum Gasteiger partial charge on any atom is -0.466 e. The van der Waals surface area contributed by atoms with Crippen molar-refractivity contribution in [2.75, 3.05) is 31.3 Å². The van der Waals surface area contributed by atoms with Gasteiger partial charge in [0.15, 0.2) is 0 Å². The number of carbonyl (C=O) groups is 2. The van der Waals surface area contributed by atoms with Crippen LogP contribution in [0.1, 0.15) is 65.2 Å². The lowest BCUT2D eigenvalue weighted by Crippen LogP contribution is -2.47. The highest BCUT2D eigenvalue weighted by molar-refractivity contribution is 7.99. The molecule has 0 aromatic heterocycles.